The molecule has 1 unspecified atom stereocenters. The van der Waals surface area contributed by atoms with Crippen molar-refractivity contribution in [2.75, 3.05) is 25.1 Å². The molecule has 1 aromatic heterocycles. The van der Waals surface area contributed by atoms with Crippen LogP contribution in [0.25, 0.3) is 11.4 Å². The van der Waals surface area contributed by atoms with Crippen molar-refractivity contribution in [3.63, 3.8) is 0 Å². The summed E-state index contributed by atoms with van der Waals surface area (Å²) < 4.78 is 18.4. The summed E-state index contributed by atoms with van der Waals surface area (Å²) in [6.07, 6.45) is 0.939. The van der Waals surface area contributed by atoms with Crippen LogP contribution in [-0.2, 0) is 0 Å². The van der Waals surface area contributed by atoms with Gasteiger partial charge >= 0.3 is 0 Å². The van der Waals surface area contributed by atoms with Crippen molar-refractivity contribution in [2.45, 2.75) is 12.5 Å². The number of anilines is 1. The van der Waals surface area contributed by atoms with Crippen LogP contribution in [0, 0.1) is 5.82 Å². The average Bonchev–Trinajstić information content (AvgIpc) is 3.08. The van der Waals surface area contributed by atoms with Gasteiger partial charge in [0.2, 0.25) is 5.95 Å². The summed E-state index contributed by atoms with van der Waals surface area (Å²) in [6.45, 7) is 1.61. The molecule has 1 aromatic carbocycles. The molecule has 2 heterocycles. The minimum atomic E-state index is -0.401. The third-order valence-electron chi connectivity index (χ3n) is 3.41. The molecule has 3 rings (SSSR count). The molecule has 0 spiro atoms. The molecule has 1 aliphatic heterocycles. The second kappa shape index (κ2) is 5.09. The van der Waals surface area contributed by atoms with Crippen molar-refractivity contribution in [2.24, 2.45) is 5.73 Å². The van der Waals surface area contributed by atoms with Crippen LogP contribution in [0.1, 0.15) is 6.42 Å². The molecule has 6 nitrogen and oxygen atoms in total. The monoisotopic (exact) mass is 277 g/mol. The van der Waals surface area contributed by atoms with Gasteiger partial charge in [-0.05, 0) is 24.6 Å². The van der Waals surface area contributed by atoms with E-state index in [1.807, 2.05) is 4.90 Å². The molecule has 20 heavy (non-hydrogen) atoms. The highest BCUT2D eigenvalue weighted by Crippen LogP contribution is 2.25. The van der Waals surface area contributed by atoms with E-state index in [1.54, 1.807) is 12.1 Å². The topological polar surface area (TPSA) is 80.1 Å². The first kappa shape index (κ1) is 12.9. The highest BCUT2D eigenvalue weighted by atomic mass is 19.1. The number of methoxy groups -OCH3 is 1. The maximum atomic E-state index is 13.4. The Labute approximate surface area is 115 Å². The van der Waals surface area contributed by atoms with E-state index in [0.29, 0.717) is 11.8 Å². The van der Waals surface area contributed by atoms with Gasteiger partial charge in [0.15, 0.2) is 17.4 Å². The van der Waals surface area contributed by atoms with E-state index >= 15 is 0 Å². The highest BCUT2D eigenvalue weighted by Gasteiger charge is 2.22. The minimum Gasteiger partial charge on any atom is -0.494 e. The van der Waals surface area contributed by atoms with Crippen molar-refractivity contribution < 1.29 is 9.13 Å². The third-order valence-corrected chi connectivity index (χ3v) is 3.41. The number of hydrogen-bond acceptors (Lipinski definition) is 5. The SMILES string of the molecule is COc1cc(-c2nc(N3CCC(N)C3)n[nH]2)ccc1F. The standard InChI is InChI=1S/C13H16FN5O/c1-20-11-6-8(2-3-10(11)14)12-16-13(18-17-12)19-5-4-9(15)7-19/h2-3,6,9H,4-5,7,15H2,1H3,(H,16,17,18). The fraction of sp³-hybridized carbons (Fsp3) is 0.385. The quantitative estimate of drug-likeness (QED) is 0.880. The van der Waals surface area contributed by atoms with Gasteiger partial charge in [-0.15, -0.1) is 5.10 Å². The van der Waals surface area contributed by atoms with E-state index in [1.165, 1.54) is 13.2 Å². The number of aromatic nitrogens is 3. The van der Waals surface area contributed by atoms with Crippen LogP contribution in [0.5, 0.6) is 5.75 Å². The molecular formula is C13H16FN5O. The van der Waals surface area contributed by atoms with E-state index in [4.69, 9.17) is 10.5 Å². The summed E-state index contributed by atoms with van der Waals surface area (Å²) >= 11 is 0. The maximum Gasteiger partial charge on any atom is 0.245 e. The first-order chi connectivity index (χ1) is 9.67. The summed E-state index contributed by atoms with van der Waals surface area (Å²) in [5.74, 6) is 0.986. The Morgan fingerprint density at radius 3 is 3.05 bits per heavy atom. The first-order valence-electron chi connectivity index (χ1n) is 6.44. The summed E-state index contributed by atoms with van der Waals surface area (Å²) in [5, 5.41) is 7.05. The number of nitrogens with one attached hydrogen (secondary N) is 1. The number of hydrogen-bond donors (Lipinski definition) is 2. The molecular weight excluding hydrogens is 261 g/mol. The Morgan fingerprint density at radius 1 is 1.50 bits per heavy atom. The predicted octanol–water partition coefficient (Wildman–Crippen LogP) is 1.16. The summed E-state index contributed by atoms with van der Waals surface area (Å²) in [5.41, 5.74) is 6.60. The number of benzene rings is 1. The molecule has 0 amide bonds. The lowest BCUT2D eigenvalue weighted by Gasteiger charge is -2.11. The zero-order valence-corrected chi connectivity index (χ0v) is 11.1. The lowest BCUT2D eigenvalue weighted by atomic mass is 10.2. The second-order valence-electron chi connectivity index (χ2n) is 4.83. The normalized spacial score (nSPS) is 18.6. The first-order valence-corrected chi connectivity index (χ1v) is 6.44. The predicted molar refractivity (Wildman–Crippen MR) is 73.1 cm³/mol. The van der Waals surface area contributed by atoms with Gasteiger partial charge < -0.3 is 15.4 Å². The minimum absolute atomic E-state index is 0.169. The Kier molecular flexibility index (Phi) is 3.27. The highest BCUT2D eigenvalue weighted by molar-refractivity contribution is 5.59. The van der Waals surface area contributed by atoms with E-state index < -0.39 is 5.82 Å². The van der Waals surface area contributed by atoms with Crippen LogP contribution >= 0.6 is 0 Å². The van der Waals surface area contributed by atoms with Crippen molar-refractivity contribution in [1.29, 1.82) is 0 Å². The molecule has 0 radical (unpaired) electrons. The number of nitrogens with zero attached hydrogens (tertiary/aromatic N) is 3. The largest absolute Gasteiger partial charge is 0.494 e. The summed E-state index contributed by atoms with van der Waals surface area (Å²) in [4.78, 5) is 6.46. The van der Waals surface area contributed by atoms with E-state index in [2.05, 4.69) is 15.2 Å². The van der Waals surface area contributed by atoms with Gasteiger partial charge in [0, 0.05) is 24.7 Å². The third kappa shape index (κ3) is 2.32. The average molecular weight is 277 g/mol. The van der Waals surface area contributed by atoms with Crippen LogP contribution in [0.2, 0.25) is 0 Å². The smallest absolute Gasteiger partial charge is 0.245 e. The molecule has 1 fully saturated rings. The summed E-state index contributed by atoms with van der Waals surface area (Å²) in [6, 6.07) is 4.75. The zero-order valence-electron chi connectivity index (χ0n) is 11.1. The molecule has 3 N–H and O–H groups in total. The number of aromatic amines is 1. The van der Waals surface area contributed by atoms with Crippen LogP contribution in [-0.4, -0.2) is 41.4 Å². The van der Waals surface area contributed by atoms with E-state index in [9.17, 15) is 4.39 Å². The molecule has 1 atom stereocenters. The Bertz CT molecular complexity index is 615. The molecule has 7 heteroatoms. The number of rotatable bonds is 3. The molecule has 106 valence electrons. The number of H-pyrrole nitrogens is 1. The number of nitrogens with two attached hydrogens (primary N) is 1. The number of ether oxygens (including phenoxy) is 1. The Balaban J connectivity index is 1.86. The Hall–Kier alpha value is -2.15. The van der Waals surface area contributed by atoms with Gasteiger partial charge in [-0.1, -0.05) is 0 Å². The van der Waals surface area contributed by atoms with Crippen molar-refractivity contribution in [3.05, 3.63) is 24.0 Å². The van der Waals surface area contributed by atoms with Gasteiger partial charge in [0.1, 0.15) is 0 Å². The van der Waals surface area contributed by atoms with Crippen LogP contribution in [0.4, 0.5) is 10.3 Å². The van der Waals surface area contributed by atoms with Crippen LogP contribution < -0.4 is 15.4 Å². The van der Waals surface area contributed by atoms with Crippen LogP contribution in [0.15, 0.2) is 18.2 Å². The van der Waals surface area contributed by atoms with E-state index in [-0.39, 0.29) is 11.8 Å². The fourth-order valence-electron chi connectivity index (χ4n) is 2.30. The van der Waals surface area contributed by atoms with Crippen molar-refractivity contribution in [3.8, 4) is 17.1 Å². The molecule has 0 bridgehead atoms. The van der Waals surface area contributed by atoms with E-state index in [0.717, 1.165) is 25.1 Å². The molecule has 1 aliphatic rings. The number of halogens is 1. The van der Waals surface area contributed by atoms with Gasteiger partial charge in [-0.25, -0.2) is 4.39 Å². The molecule has 1 saturated heterocycles. The molecule has 0 aliphatic carbocycles. The van der Waals surface area contributed by atoms with Gasteiger partial charge in [-0.2, -0.15) is 4.98 Å². The van der Waals surface area contributed by atoms with Gasteiger partial charge in [0.25, 0.3) is 0 Å². The maximum absolute atomic E-state index is 13.4. The Morgan fingerprint density at radius 2 is 2.35 bits per heavy atom. The van der Waals surface area contributed by atoms with Gasteiger partial charge in [0.05, 0.1) is 7.11 Å². The fourth-order valence-corrected chi connectivity index (χ4v) is 2.30. The zero-order chi connectivity index (χ0) is 14.1. The van der Waals surface area contributed by atoms with Crippen LogP contribution in [0.3, 0.4) is 0 Å². The van der Waals surface area contributed by atoms with Crippen molar-refractivity contribution >= 4 is 5.95 Å². The molecule has 2 aromatic rings. The van der Waals surface area contributed by atoms with Gasteiger partial charge in [-0.3, -0.25) is 5.10 Å². The lowest BCUT2D eigenvalue weighted by molar-refractivity contribution is 0.387. The molecule has 0 saturated carbocycles. The van der Waals surface area contributed by atoms with Crippen molar-refractivity contribution in [1.82, 2.24) is 15.2 Å². The second-order valence-corrected chi connectivity index (χ2v) is 4.83. The summed E-state index contributed by atoms with van der Waals surface area (Å²) in [7, 11) is 1.43. The lowest BCUT2D eigenvalue weighted by Crippen LogP contribution is -2.26.